The molecule has 0 amide bonds. The minimum absolute atomic E-state index is 0.0111. The van der Waals surface area contributed by atoms with Gasteiger partial charge in [0.05, 0.1) is 10.7 Å². The molecule has 3 N–H and O–H groups in total. The molecule has 7 heteroatoms. The average Bonchev–Trinajstić information content (AvgIpc) is 2.46. The number of halogens is 1. The molecule has 21 heavy (non-hydrogen) atoms. The van der Waals surface area contributed by atoms with Crippen molar-refractivity contribution in [2.45, 2.75) is 11.4 Å². The van der Waals surface area contributed by atoms with Gasteiger partial charge in [-0.3, -0.25) is 4.31 Å². The fourth-order valence-electron chi connectivity index (χ4n) is 1.83. The van der Waals surface area contributed by atoms with Crippen molar-refractivity contribution >= 4 is 27.3 Å². The van der Waals surface area contributed by atoms with Crippen LogP contribution in [0.4, 0.5) is 5.69 Å². The molecule has 0 atom stereocenters. The Morgan fingerprint density at radius 2 is 1.81 bits per heavy atom. The summed E-state index contributed by atoms with van der Waals surface area (Å²) in [6.45, 7) is 0.286. The number of nitrogens with zero attached hydrogens (tertiary/aromatic N) is 1. The van der Waals surface area contributed by atoms with Crippen molar-refractivity contribution in [3.63, 3.8) is 0 Å². The normalized spacial score (nSPS) is 11.4. The molecular weight excluding hydrogens is 312 g/mol. The number of benzene rings is 2. The summed E-state index contributed by atoms with van der Waals surface area (Å²) in [7, 11) is -2.36. The summed E-state index contributed by atoms with van der Waals surface area (Å²) >= 11 is 6.05. The molecule has 0 aromatic heterocycles. The van der Waals surface area contributed by atoms with Crippen LogP contribution in [-0.2, 0) is 16.6 Å². The third kappa shape index (κ3) is 3.12. The Labute approximate surface area is 128 Å². The summed E-state index contributed by atoms with van der Waals surface area (Å²) < 4.78 is 26.3. The van der Waals surface area contributed by atoms with Crippen LogP contribution in [0, 0.1) is 0 Å². The molecule has 0 aliphatic heterocycles. The summed E-state index contributed by atoms with van der Waals surface area (Å²) in [5.41, 5.74) is 6.68. The van der Waals surface area contributed by atoms with Crippen molar-refractivity contribution in [1.29, 1.82) is 0 Å². The fourth-order valence-corrected chi connectivity index (χ4v) is 3.56. The molecule has 112 valence electrons. The van der Waals surface area contributed by atoms with Crippen LogP contribution in [0.2, 0.25) is 5.02 Å². The Morgan fingerprint density at radius 3 is 2.33 bits per heavy atom. The van der Waals surface area contributed by atoms with Crippen LogP contribution in [0.25, 0.3) is 0 Å². The topological polar surface area (TPSA) is 83.6 Å². The molecule has 0 saturated heterocycles. The van der Waals surface area contributed by atoms with Crippen LogP contribution in [0.5, 0.6) is 5.75 Å². The second kappa shape index (κ2) is 5.93. The summed E-state index contributed by atoms with van der Waals surface area (Å²) in [5.74, 6) is 0.0647. The zero-order valence-electron chi connectivity index (χ0n) is 11.3. The lowest BCUT2D eigenvalue weighted by Crippen LogP contribution is -2.26. The van der Waals surface area contributed by atoms with Gasteiger partial charge in [0.1, 0.15) is 10.6 Å². The second-order valence-electron chi connectivity index (χ2n) is 4.46. The molecule has 0 bridgehead atoms. The van der Waals surface area contributed by atoms with Crippen LogP contribution in [0.3, 0.4) is 0 Å². The molecule has 0 spiro atoms. The zero-order chi connectivity index (χ0) is 15.6. The summed E-state index contributed by atoms with van der Waals surface area (Å²) in [6, 6.07) is 10.5. The van der Waals surface area contributed by atoms with Crippen molar-refractivity contribution < 1.29 is 13.5 Å². The van der Waals surface area contributed by atoms with Gasteiger partial charge in [-0.25, -0.2) is 8.42 Å². The lowest BCUT2D eigenvalue weighted by molar-refractivity contribution is 0.475. The van der Waals surface area contributed by atoms with E-state index in [1.165, 1.54) is 37.4 Å². The maximum absolute atomic E-state index is 12.6. The van der Waals surface area contributed by atoms with Crippen LogP contribution in [-0.4, -0.2) is 20.6 Å². The predicted molar refractivity (Wildman–Crippen MR) is 83.0 cm³/mol. The summed E-state index contributed by atoms with van der Waals surface area (Å²) in [4.78, 5) is 0.0111. The van der Waals surface area contributed by atoms with Gasteiger partial charge >= 0.3 is 0 Å². The van der Waals surface area contributed by atoms with Crippen LogP contribution in [0.15, 0.2) is 47.4 Å². The second-order valence-corrected chi connectivity index (χ2v) is 6.80. The molecule has 2 aromatic carbocycles. The van der Waals surface area contributed by atoms with Crippen molar-refractivity contribution in [3.05, 3.63) is 53.1 Å². The van der Waals surface area contributed by atoms with Gasteiger partial charge in [-0.05, 0) is 42.0 Å². The third-order valence-electron chi connectivity index (χ3n) is 3.08. The molecule has 0 aliphatic rings. The molecule has 2 aromatic rings. The maximum atomic E-state index is 12.6. The predicted octanol–water partition coefficient (Wildman–Crippen LogP) is 2.33. The number of aromatic hydroxyl groups is 1. The van der Waals surface area contributed by atoms with Gasteiger partial charge in [-0.15, -0.1) is 0 Å². The number of phenols is 1. The lowest BCUT2D eigenvalue weighted by atomic mass is 10.2. The van der Waals surface area contributed by atoms with E-state index in [2.05, 4.69) is 0 Å². The standard InChI is InChI=1S/C14H15ClN2O3S/c1-17(11-3-5-12(18)6-4-11)21(19,20)14-7-2-10(9-16)8-13(14)15/h2-8,18H,9,16H2,1H3. The highest BCUT2D eigenvalue weighted by atomic mass is 35.5. The SMILES string of the molecule is CN(c1ccc(O)cc1)S(=O)(=O)c1ccc(CN)cc1Cl. The number of sulfonamides is 1. The number of phenolic OH excluding ortho intramolecular Hbond substituents is 1. The molecule has 0 fully saturated rings. The number of nitrogens with two attached hydrogens (primary N) is 1. The molecule has 0 aliphatic carbocycles. The van der Waals surface area contributed by atoms with E-state index in [4.69, 9.17) is 17.3 Å². The molecule has 2 rings (SSSR count). The van der Waals surface area contributed by atoms with Crippen molar-refractivity contribution in [2.24, 2.45) is 5.73 Å². The highest BCUT2D eigenvalue weighted by molar-refractivity contribution is 7.93. The molecule has 0 unspecified atom stereocenters. The number of rotatable bonds is 4. The van der Waals surface area contributed by atoms with Crippen LogP contribution < -0.4 is 10.0 Å². The quantitative estimate of drug-likeness (QED) is 0.903. The number of hydrogen-bond donors (Lipinski definition) is 2. The van der Waals surface area contributed by atoms with Gasteiger partial charge in [-0.2, -0.15) is 0 Å². The molecule has 5 nitrogen and oxygen atoms in total. The van der Waals surface area contributed by atoms with Crippen LogP contribution in [0.1, 0.15) is 5.56 Å². The van der Waals surface area contributed by atoms with E-state index in [0.717, 1.165) is 9.87 Å². The van der Waals surface area contributed by atoms with Crippen molar-refractivity contribution in [3.8, 4) is 5.75 Å². The molecular formula is C14H15ClN2O3S. The molecule has 0 heterocycles. The Morgan fingerprint density at radius 1 is 1.19 bits per heavy atom. The van der Waals surface area contributed by atoms with Gasteiger partial charge in [0.25, 0.3) is 10.0 Å². The van der Waals surface area contributed by atoms with E-state index in [-0.39, 0.29) is 22.2 Å². The van der Waals surface area contributed by atoms with Crippen molar-refractivity contribution in [2.75, 3.05) is 11.4 Å². The summed E-state index contributed by atoms with van der Waals surface area (Å²) in [6.07, 6.45) is 0. The number of anilines is 1. The lowest BCUT2D eigenvalue weighted by Gasteiger charge is -2.20. The smallest absolute Gasteiger partial charge is 0.265 e. The Balaban J connectivity index is 2.44. The Kier molecular flexibility index (Phi) is 4.41. The zero-order valence-corrected chi connectivity index (χ0v) is 12.9. The first-order chi connectivity index (χ1) is 9.86. The highest BCUT2D eigenvalue weighted by Gasteiger charge is 2.24. The number of hydrogen-bond acceptors (Lipinski definition) is 4. The van der Waals surface area contributed by atoms with Gasteiger partial charge in [0.15, 0.2) is 0 Å². The van der Waals surface area contributed by atoms with Gasteiger partial charge in [-0.1, -0.05) is 17.7 Å². The maximum Gasteiger partial charge on any atom is 0.265 e. The monoisotopic (exact) mass is 326 g/mol. The minimum atomic E-state index is -3.78. The van der Waals surface area contributed by atoms with E-state index in [1.807, 2.05) is 0 Å². The Hall–Kier alpha value is -1.76. The average molecular weight is 327 g/mol. The van der Waals surface area contributed by atoms with E-state index in [0.29, 0.717) is 5.69 Å². The largest absolute Gasteiger partial charge is 0.508 e. The van der Waals surface area contributed by atoms with E-state index in [1.54, 1.807) is 12.1 Å². The first-order valence-corrected chi connectivity index (χ1v) is 7.94. The minimum Gasteiger partial charge on any atom is -0.508 e. The van der Waals surface area contributed by atoms with E-state index in [9.17, 15) is 13.5 Å². The van der Waals surface area contributed by atoms with Gasteiger partial charge in [0, 0.05) is 13.6 Å². The molecule has 0 saturated carbocycles. The van der Waals surface area contributed by atoms with Crippen LogP contribution >= 0.6 is 11.6 Å². The van der Waals surface area contributed by atoms with Gasteiger partial charge < -0.3 is 10.8 Å². The first kappa shape index (κ1) is 15.6. The molecule has 0 radical (unpaired) electrons. The Bertz CT molecular complexity index is 745. The van der Waals surface area contributed by atoms with Gasteiger partial charge in [0.2, 0.25) is 0 Å². The van der Waals surface area contributed by atoms with E-state index >= 15 is 0 Å². The highest BCUT2D eigenvalue weighted by Crippen LogP contribution is 2.28. The van der Waals surface area contributed by atoms with Crippen molar-refractivity contribution in [1.82, 2.24) is 0 Å². The first-order valence-electron chi connectivity index (χ1n) is 6.12. The fraction of sp³-hybridized carbons (Fsp3) is 0.143. The summed E-state index contributed by atoms with van der Waals surface area (Å²) in [5, 5.41) is 9.39. The third-order valence-corrected chi connectivity index (χ3v) is 5.35. The van der Waals surface area contributed by atoms with E-state index < -0.39 is 10.0 Å².